The average Bonchev–Trinajstić information content (AvgIpc) is 2.83. The Balaban J connectivity index is 2.10. The molecule has 1 aromatic carbocycles. The largest absolute Gasteiger partial charge is 0.372 e. The van der Waals surface area contributed by atoms with Crippen LogP contribution in [-0.2, 0) is 0 Å². The first-order valence-corrected chi connectivity index (χ1v) is 6.01. The molecule has 0 bridgehead atoms. The van der Waals surface area contributed by atoms with Gasteiger partial charge in [-0.2, -0.15) is 0 Å². The SMILES string of the molecule is Clc1ccnc2ccc(N3CCCC3)cc12. The number of nitrogens with zero attached hydrogens (tertiary/aromatic N) is 2. The molecule has 1 aromatic heterocycles. The predicted octanol–water partition coefficient (Wildman–Crippen LogP) is 3.49. The molecule has 2 aromatic rings. The van der Waals surface area contributed by atoms with Crippen LogP contribution in [0.1, 0.15) is 12.8 Å². The summed E-state index contributed by atoms with van der Waals surface area (Å²) in [4.78, 5) is 6.71. The highest BCUT2D eigenvalue weighted by atomic mass is 35.5. The van der Waals surface area contributed by atoms with Gasteiger partial charge in [0.2, 0.25) is 0 Å². The van der Waals surface area contributed by atoms with Gasteiger partial charge in [-0.05, 0) is 37.1 Å². The standard InChI is InChI=1S/C13H13ClN2/c14-12-5-6-15-13-4-3-10(9-11(12)13)16-7-1-2-8-16/h3-6,9H,1-2,7-8H2. The van der Waals surface area contributed by atoms with Crippen molar-refractivity contribution in [2.75, 3.05) is 18.0 Å². The molecule has 0 radical (unpaired) electrons. The van der Waals surface area contributed by atoms with Gasteiger partial charge >= 0.3 is 0 Å². The first-order chi connectivity index (χ1) is 7.84. The summed E-state index contributed by atoms with van der Waals surface area (Å²) >= 11 is 6.18. The molecule has 0 spiro atoms. The first-order valence-electron chi connectivity index (χ1n) is 5.64. The highest BCUT2D eigenvalue weighted by molar-refractivity contribution is 6.35. The van der Waals surface area contributed by atoms with Crippen molar-refractivity contribution in [3.8, 4) is 0 Å². The van der Waals surface area contributed by atoms with Crippen molar-refractivity contribution in [1.82, 2.24) is 4.98 Å². The second-order valence-electron chi connectivity index (χ2n) is 4.19. The van der Waals surface area contributed by atoms with Gasteiger partial charge in [-0.25, -0.2) is 0 Å². The van der Waals surface area contributed by atoms with E-state index in [1.807, 2.05) is 6.07 Å². The minimum atomic E-state index is 0.783. The molecule has 1 aliphatic rings. The summed E-state index contributed by atoms with van der Waals surface area (Å²) in [5.41, 5.74) is 2.23. The van der Waals surface area contributed by atoms with Crippen LogP contribution in [-0.4, -0.2) is 18.1 Å². The lowest BCUT2D eigenvalue weighted by molar-refractivity contribution is 0.949. The van der Waals surface area contributed by atoms with Crippen LogP contribution >= 0.6 is 11.6 Å². The average molecular weight is 233 g/mol. The number of benzene rings is 1. The van der Waals surface area contributed by atoms with Crippen molar-refractivity contribution in [2.24, 2.45) is 0 Å². The summed E-state index contributed by atoms with van der Waals surface area (Å²) in [7, 11) is 0. The molecule has 2 heterocycles. The van der Waals surface area contributed by atoms with Crippen LogP contribution in [0.2, 0.25) is 5.02 Å². The minimum Gasteiger partial charge on any atom is -0.372 e. The monoisotopic (exact) mass is 232 g/mol. The molecule has 1 saturated heterocycles. The third-order valence-electron chi connectivity index (χ3n) is 3.14. The summed E-state index contributed by atoms with van der Waals surface area (Å²) in [5.74, 6) is 0. The fourth-order valence-electron chi connectivity index (χ4n) is 2.27. The number of fused-ring (bicyclic) bond motifs is 1. The van der Waals surface area contributed by atoms with Crippen LogP contribution < -0.4 is 4.90 Å². The Labute approximate surface area is 99.8 Å². The molecule has 0 N–H and O–H groups in total. The molecule has 82 valence electrons. The zero-order valence-corrected chi connectivity index (χ0v) is 9.74. The van der Waals surface area contributed by atoms with E-state index in [-0.39, 0.29) is 0 Å². The van der Waals surface area contributed by atoms with Gasteiger partial charge in [0.25, 0.3) is 0 Å². The van der Waals surface area contributed by atoms with E-state index < -0.39 is 0 Å². The van der Waals surface area contributed by atoms with E-state index in [0.29, 0.717) is 0 Å². The Bertz CT molecular complexity index is 518. The summed E-state index contributed by atoms with van der Waals surface area (Å²) in [6, 6.07) is 8.18. The number of hydrogen-bond donors (Lipinski definition) is 0. The normalized spacial score (nSPS) is 15.9. The lowest BCUT2D eigenvalue weighted by Crippen LogP contribution is -2.17. The summed E-state index contributed by atoms with van der Waals surface area (Å²) < 4.78 is 0. The summed E-state index contributed by atoms with van der Waals surface area (Å²) in [5, 5.41) is 1.83. The van der Waals surface area contributed by atoms with Gasteiger partial charge < -0.3 is 4.90 Å². The molecule has 3 heteroatoms. The van der Waals surface area contributed by atoms with E-state index in [4.69, 9.17) is 11.6 Å². The Morgan fingerprint density at radius 1 is 1.12 bits per heavy atom. The predicted molar refractivity (Wildman–Crippen MR) is 68.2 cm³/mol. The zero-order chi connectivity index (χ0) is 11.0. The third-order valence-corrected chi connectivity index (χ3v) is 3.47. The summed E-state index contributed by atoms with van der Waals surface area (Å²) in [6.07, 6.45) is 4.33. The van der Waals surface area contributed by atoms with Gasteiger partial charge in [0.15, 0.2) is 0 Å². The Morgan fingerprint density at radius 3 is 2.75 bits per heavy atom. The molecule has 0 aliphatic carbocycles. The molecule has 1 aliphatic heterocycles. The number of pyridine rings is 1. The minimum absolute atomic E-state index is 0.783. The van der Waals surface area contributed by atoms with Gasteiger partial charge in [-0.1, -0.05) is 11.6 Å². The van der Waals surface area contributed by atoms with Gasteiger partial charge in [0, 0.05) is 30.4 Å². The number of anilines is 1. The Hall–Kier alpha value is -1.28. The number of hydrogen-bond acceptors (Lipinski definition) is 2. The smallest absolute Gasteiger partial charge is 0.0718 e. The maximum absolute atomic E-state index is 6.18. The quantitative estimate of drug-likeness (QED) is 0.748. The maximum atomic E-state index is 6.18. The zero-order valence-electron chi connectivity index (χ0n) is 8.99. The lowest BCUT2D eigenvalue weighted by Gasteiger charge is -2.18. The molecule has 0 unspecified atom stereocenters. The molecule has 0 atom stereocenters. The van der Waals surface area contributed by atoms with Crippen molar-refractivity contribution < 1.29 is 0 Å². The Morgan fingerprint density at radius 2 is 1.94 bits per heavy atom. The van der Waals surface area contributed by atoms with E-state index in [0.717, 1.165) is 29.0 Å². The Kier molecular flexibility index (Phi) is 2.44. The fourth-order valence-corrected chi connectivity index (χ4v) is 2.48. The van der Waals surface area contributed by atoms with Crippen LogP contribution in [0.15, 0.2) is 30.5 Å². The lowest BCUT2D eigenvalue weighted by atomic mass is 10.2. The fraction of sp³-hybridized carbons (Fsp3) is 0.308. The van der Waals surface area contributed by atoms with E-state index in [2.05, 4.69) is 28.1 Å². The topological polar surface area (TPSA) is 16.1 Å². The van der Waals surface area contributed by atoms with Crippen molar-refractivity contribution in [3.63, 3.8) is 0 Å². The van der Waals surface area contributed by atoms with Crippen molar-refractivity contribution >= 4 is 28.2 Å². The van der Waals surface area contributed by atoms with E-state index in [9.17, 15) is 0 Å². The van der Waals surface area contributed by atoms with Crippen LogP contribution in [0.25, 0.3) is 10.9 Å². The van der Waals surface area contributed by atoms with Crippen LogP contribution in [0.5, 0.6) is 0 Å². The highest BCUT2D eigenvalue weighted by Gasteiger charge is 2.13. The van der Waals surface area contributed by atoms with Crippen molar-refractivity contribution in [2.45, 2.75) is 12.8 Å². The number of aromatic nitrogens is 1. The second-order valence-corrected chi connectivity index (χ2v) is 4.60. The highest BCUT2D eigenvalue weighted by Crippen LogP contribution is 2.28. The third kappa shape index (κ3) is 1.63. The van der Waals surface area contributed by atoms with E-state index in [1.54, 1.807) is 6.20 Å². The van der Waals surface area contributed by atoms with Gasteiger partial charge in [-0.15, -0.1) is 0 Å². The number of rotatable bonds is 1. The van der Waals surface area contributed by atoms with Crippen LogP contribution in [0.3, 0.4) is 0 Å². The van der Waals surface area contributed by atoms with Crippen LogP contribution in [0.4, 0.5) is 5.69 Å². The molecular formula is C13H13ClN2. The second kappa shape index (κ2) is 3.95. The van der Waals surface area contributed by atoms with Crippen molar-refractivity contribution in [1.29, 1.82) is 0 Å². The van der Waals surface area contributed by atoms with Crippen LogP contribution in [0, 0.1) is 0 Å². The molecule has 2 nitrogen and oxygen atoms in total. The summed E-state index contributed by atoms with van der Waals surface area (Å²) in [6.45, 7) is 2.31. The maximum Gasteiger partial charge on any atom is 0.0718 e. The van der Waals surface area contributed by atoms with E-state index >= 15 is 0 Å². The van der Waals surface area contributed by atoms with Gasteiger partial charge in [0.1, 0.15) is 0 Å². The molecule has 0 amide bonds. The van der Waals surface area contributed by atoms with Gasteiger partial charge in [-0.3, -0.25) is 4.98 Å². The molecule has 1 fully saturated rings. The number of halogens is 1. The molecule has 3 rings (SSSR count). The molecule has 0 saturated carbocycles. The molecular weight excluding hydrogens is 220 g/mol. The van der Waals surface area contributed by atoms with E-state index in [1.165, 1.54) is 18.5 Å². The van der Waals surface area contributed by atoms with Gasteiger partial charge in [0.05, 0.1) is 10.5 Å². The van der Waals surface area contributed by atoms with Crippen molar-refractivity contribution in [3.05, 3.63) is 35.5 Å². The molecule has 16 heavy (non-hydrogen) atoms. The first kappa shape index (κ1) is 9.91.